The number of ether oxygens (including phenoxy) is 1. The van der Waals surface area contributed by atoms with Gasteiger partial charge in [-0.2, -0.15) is 0 Å². The standard InChI is InChI=1S/C23H22N6O2S/c1-15-13-16(2)25-23(24-15)32-14-20-21(27-28-29(20)18-7-5-4-6-8-18)22(30)26-17-9-11-19(31-3)12-10-17/h4-13H,14H2,1-3H3,(H,26,30). The number of aromatic nitrogens is 5. The molecule has 2 heterocycles. The summed E-state index contributed by atoms with van der Waals surface area (Å²) in [6.07, 6.45) is 0. The zero-order valence-electron chi connectivity index (χ0n) is 17.9. The number of carbonyl (C=O) groups is 1. The summed E-state index contributed by atoms with van der Waals surface area (Å²) in [7, 11) is 1.60. The Bertz CT molecular complexity index is 1200. The van der Waals surface area contributed by atoms with E-state index in [9.17, 15) is 4.79 Å². The third-order valence-corrected chi connectivity index (χ3v) is 5.49. The minimum absolute atomic E-state index is 0.251. The predicted molar refractivity (Wildman–Crippen MR) is 123 cm³/mol. The number of hydrogen-bond acceptors (Lipinski definition) is 7. The number of para-hydroxylation sites is 1. The molecule has 0 atom stereocenters. The van der Waals surface area contributed by atoms with Crippen molar-refractivity contribution in [1.29, 1.82) is 0 Å². The van der Waals surface area contributed by atoms with Crippen LogP contribution in [0.25, 0.3) is 5.69 Å². The third-order valence-electron chi connectivity index (χ3n) is 4.63. The number of nitrogens with one attached hydrogen (secondary N) is 1. The Hall–Kier alpha value is -3.72. The molecule has 0 spiro atoms. The van der Waals surface area contributed by atoms with Crippen LogP contribution in [-0.4, -0.2) is 38.0 Å². The van der Waals surface area contributed by atoms with Gasteiger partial charge in [-0.1, -0.05) is 35.2 Å². The molecule has 9 heteroatoms. The van der Waals surface area contributed by atoms with Gasteiger partial charge in [0.2, 0.25) is 0 Å². The van der Waals surface area contributed by atoms with Gasteiger partial charge in [-0.05, 0) is 56.3 Å². The summed E-state index contributed by atoms with van der Waals surface area (Å²) >= 11 is 1.44. The molecule has 0 saturated carbocycles. The summed E-state index contributed by atoms with van der Waals surface area (Å²) in [5, 5.41) is 12.0. The van der Waals surface area contributed by atoms with Gasteiger partial charge in [0.15, 0.2) is 10.9 Å². The van der Waals surface area contributed by atoms with Crippen molar-refractivity contribution in [3.05, 3.63) is 83.4 Å². The minimum atomic E-state index is -0.339. The van der Waals surface area contributed by atoms with Crippen molar-refractivity contribution in [2.24, 2.45) is 0 Å². The number of methoxy groups -OCH3 is 1. The van der Waals surface area contributed by atoms with Crippen molar-refractivity contribution in [1.82, 2.24) is 25.0 Å². The highest BCUT2D eigenvalue weighted by atomic mass is 32.2. The van der Waals surface area contributed by atoms with E-state index in [1.54, 1.807) is 36.1 Å². The van der Waals surface area contributed by atoms with Crippen LogP contribution in [0.5, 0.6) is 5.75 Å². The molecule has 1 N–H and O–H groups in total. The first kappa shape index (κ1) is 21.5. The predicted octanol–water partition coefficient (Wildman–Crippen LogP) is 4.23. The number of aryl methyl sites for hydroxylation is 2. The summed E-state index contributed by atoms with van der Waals surface area (Å²) < 4.78 is 6.85. The Kier molecular flexibility index (Phi) is 6.46. The van der Waals surface area contributed by atoms with Crippen molar-refractivity contribution in [2.75, 3.05) is 12.4 Å². The van der Waals surface area contributed by atoms with Gasteiger partial charge in [0.1, 0.15) is 5.75 Å². The van der Waals surface area contributed by atoms with Crippen LogP contribution in [0.1, 0.15) is 27.6 Å². The first-order chi connectivity index (χ1) is 15.5. The van der Waals surface area contributed by atoms with Crippen molar-refractivity contribution in [2.45, 2.75) is 24.8 Å². The highest BCUT2D eigenvalue weighted by Gasteiger charge is 2.21. The lowest BCUT2D eigenvalue weighted by molar-refractivity contribution is 0.102. The molecule has 4 rings (SSSR count). The van der Waals surface area contributed by atoms with E-state index >= 15 is 0 Å². The molecule has 0 aliphatic heterocycles. The van der Waals surface area contributed by atoms with Crippen LogP contribution in [0.4, 0.5) is 5.69 Å². The monoisotopic (exact) mass is 446 g/mol. The van der Waals surface area contributed by atoms with E-state index < -0.39 is 0 Å². The molecule has 2 aromatic carbocycles. The molecule has 0 aliphatic carbocycles. The molecule has 2 aromatic heterocycles. The number of anilines is 1. The van der Waals surface area contributed by atoms with E-state index in [0.29, 0.717) is 28.0 Å². The smallest absolute Gasteiger partial charge is 0.278 e. The fourth-order valence-electron chi connectivity index (χ4n) is 3.14. The molecule has 8 nitrogen and oxygen atoms in total. The van der Waals surface area contributed by atoms with Gasteiger partial charge in [-0.25, -0.2) is 14.6 Å². The average Bonchev–Trinajstić information content (AvgIpc) is 3.22. The summed E-state index contributed by atoms with van der Waals surface area (Å²) in [5.41, 5.74) is 4.16. The first-order valence-electron chi connectivity index (χ1n) is 9.94. The van der Waals surface area contributed by atoms with Gasteiger partial charge in [0.05, 0.1) is 18.5 Å². The van der Waals surface area contributed by atoms with E-state index in [2.05, 4.69) is 25.6 Å². The molecule has 0 fully saturated rings. The summed E-state index contributed by atoms with van der Waals surface area (Å²) in [6.45, 7) is 3.87. The number of thioether (sulfide) groups is 1. The van der Waals surface area contributed by atoms with E-state index in [0.717, 1.165) is 17.1 Å². The number of benzene rings is 2. The fourth-order valence-corrected chi connectivity index (χ4v) is 4.08. The summed E-state index contributed by atoms with van der Waals surface area (Å²) in [6, 6.07) is 18.6. The Morgan fingerprint density at radius 1 is 1.03 bits per heavy atom. The van der Waals surface area contributed by atoms with E-state index in [-0.39, 0.29) is 11.6 Å². The molecule has 32 heavy (non-hydrogen) atoms. The highest BCUT2D eigenvalue weighted by molar-refractivity contribution is 7.98. The third kappa shape index (κ3) is 4.94. The van der Waals surface area contributed by atoms with Gasteiger partial charge in [-0.3, -0.25) is 4.79 Å². The quantitative estimate of drug-likeness (QED) is 0.335. The number of rotatable bonds is 7. The van der Waals surface area contributed by atoms with Crippen molar-refractivity contribution < 1.29 is 9.53 Å². The normalized spacial score (nSPS) is 10.7. The second-order valence-electron chi connectivity index (χ2n) is 7.04. The lowest BCUT2D eigenvalue weighted by Gasteiger charge is -2.09. The second kappa shape index (κ2) is 9.61. The highest BCUT2D eigenvalue weighted by Crippen LogP contribution is 2.24. The van der Waals surface area contributed by atoms with Gasteiger partial charge in [0.25, 0.3) is 5.91 Å². The van der Waals surface area contributed by atoms with E-state index in [1.807, 2.05) is 50.2 Å². The zero-order chi connectivity index (χ0) is 22.5. The number of nitrogens with zero attached hydrogens (tertiary/aromatic N) is 5. The fraction of sp³-hybridized carbons (Fsp3) is 0.174. The van der Waals surface area contributed by atoms with Gasteiger partial charge in [-0.15, -0.1) is 5.10 Å². The molecule has 0 saturated heterocycles. The molecule has 4 aromatic rings. The van der Waals surface area contributed by atoms with Gasteiger partial charge < -0.3 is 10.1 Å². The Labute approximate surface area is 190 Å². The van der Waals surface area contributed by atoms with E-state index in [4.69, 9.17) is 4.74 Å². The Morgan fingerprint density at radius 2 is 1.72 bits per heavy atom. The molecule has 0 bridgehead atoms. The zero-order valence-corrected chi connectivity index (χ0v) is 18.8. The van der Waals surface area contributed by atoms with Gasteiger partial charge >= 0.3 is 0 Å². The molecule has 0 aliphatic rings. The summed E-state index contributed by atoms with van der Waals surface area (Å²) in [5.74, 6) is 0.800. The molecular formula is C23H22N6O2S. The largest absolute Gasteiger partial charge is 0.497 e. The van der Waals surface area contributed by atoms with Crippen LogP contribution in [0, 0.1) is 13.8 Å². The minimum Gasteiger partial charge on any atom is -0.497 e. The maximum atomic E-state index is 13.1. The lowest BCUT2D eigenvalue weighted by atomic mass is 10.2. The lowest BCUT2D eigenvalue weighted by Crippen LogP contribution is -2.15. The SMILES string of the molecule is COc1ccc(NC(=O)c2nnn(-c3ccccc3)c2CSc2nc(C)cc(C)n2)cc1. The average molecular weight is 447 g/mol. The van der Waals surface area contributed by atoms with Crippen molar-refractivity contribution in [3.8, 4) is 11.4 Å². The van der Waals surface area contributed by atoms with Crippen molar-refractivity contribution in [3.63, 3.8) is 0 Å². The van der Waals surface area contributed by atoms with Crippen LogP contribution < -0.4 is 10.1 Å². The maximum Gasteiger partial charge on any atom is 0.278 e. The van der Waals surface area contributed by atoms with Gasteiger partial charge in [0, 0.05) is 22.8 Å². The van der Waals surface area contributed by atoms with E-state index in [1.165, 1.54) is 11.8 Å². The topological polar surface area (TPSA) is 94.8 Å². The molecule has 1 amide bonds. The molecule has 0 radical (unpaired) electrons. The van der Waals surface area contributed by atoms with Crippen molar-refractivity contribution >= 4 is 23.4 Å². The first-order valence-corrected chi connectivity index (χ1v) is 10.9. The van der Waals surface area contributed by atoms with Crippen LogP contribution in [0.15, 0.2) is 65.8 Å². The Morgan fingerprint density at radius 3 is 2.38 bits per heavy atom. The summed E-state index contributed by atoms with van der Waals surface area (Å²) in [4.78, 5) is 22.0. The number of amides is 1. The maximum absolute atomic E-state index is 13.1. The number of carbonyl (C=O) groups excluding carboxylic acids is 1. The van der Waals surface area contributed by atoms with Crippen LogP contribution >= 0.6 is 11.8 Å². The van der Waals surface area contributed by atoms with Crippen LogP contribution in [0.3, 0.4) is 0 Å². The van der Waals surface area contributed by atoms with Crippen LogP contribution in [-0.2, 0) is 5.75 Å². The molecule has 162 valence electrons. The number of hydrogen-bond donors (Lipinski definition) is 1. The molecule has 0 unspecified atom stereocenters. The second-order valence-corrected chi connectivity index (χ2v) is 7.98. The Balaban J connectivity index is 1.63. The molecular weight excluding hydrogens is 424 g/mol. The van der Waals surface area contributed by atoms with Crippen LogP contribution in [0.2, 0.25) is 0 Å².